The molecule has 0 aromatic heterocycles. The Labute approximate surface area is 115 Å². The number of halogens is 1. The number of rotatable bonds is 2. The molecule has 2 nitrogen and oxygen atoms in total. The molecule has 1 aliphatic rings. The molecule has 0 spiro atoms. The van der Waals surface area contributed by atoms with Crippen LogP contribution >= 0.6 is 11.6 Å². The molecule has 1 saturated heterocycles. The first-order valence-corrected chi connectivity index (χ1v) is 7.00. The third-order valence-electron chi connectivity index (χ3n) is 4.22. The minimum absolute atomic E-state index is 0.367. The molecule has 18 heavy (non-hydrogen) atoms. The van der Waals surface area contributed by atoms with Crippen LogP contribution in [0.4, 0.5) is 5.69 Å². The van der Waals surface area contributed by atoms with Crippen molar-refractivity contribution in [3.8, 4) is 0 Å². The lowest BCUT2D eigenvalue weighted by Crippen LogP contribution is -2.54. The Morgan fingerprint density at radius 3 is 2.72 bits per heavy atom. The molecule has 0 bridgehead atoms. The van der Waals surface area contributed by atoms with Crippen LogP contribution in [0.25, 0.3) is 0 Å². The van der Waals surface area contributed by atoms with Crippen LogP contribution in [0, 0.1) is 12.3 Å². The number of anilines is 1. The molecule has 1 heterocycles. The average molecular weight is 267 g/mol. The summed E-state index contributed by atoms with van der Waals surface area (Å²) in [5, 5.41) is 4.28. The van der Waals surface area contributed by atoms with E-state index in [9.17, 15) is 0 Å². The third-order valence-corrected chi connectivity index (χ3v) is 4.46. The molecule has 0 amide bonds. The summed E-state index contributed by atoms with van der Waals surface area (Å²) in [5.41, 5.74) is 2.94. The van der Waals surface area contributed by atoms with Gasteiger partial charge < -0.3 is 10.2 Å². The number of hydrogen-bond donors (Lipinski definition) is 1. The summed E-state index contributed by atoms with van der Waals surface area (Å²) in [7, 11) is 2.06. The Morgan fingerprint density at radius 2 is 2.11 bits per heavy atom. The topological polar surface area (TPSA) is 15.3 Å². The van der Waals surface area contributed by atoms with Crippen LogP contribution in [0.2, 0.25) is 5.02 Å². The van der Waals surface area contributed by atoms with Crippen LogP contribution < -0.4 is 10.2 Å². The highest BCUT2D eigenvalue weighted by Gasteiger charge is 2.34. The minimum atomic E-state index is 0.367. The molecule has 1 N–H and O–H groups in total. The van der Waals surface area contributed by atoms with Gasteiger partial charge in [0.25, 0.3) is 0 Å². The summed E-state index contributed by atoms with van der Waals surface area (Å²) in [6.45, 7) is 9.01. The zero-order valence-corrected chi connectivity index (χ0v) is 12.5. The summed E-state index contributed by atoms with van der Waals surface area (Å²) in [4.78, 5) is 2.47. The second-order valence-electron chi connectivity index (χ2n) is 5.96. The predicted octanol–water partition coefficient (Wildman–Crippen LogP) is 3.47. The van der Waals surface area contributed by atoms with Gasteiger partial charge in [0.05, 0.1) is 0 Å². The van der Waals surface area contributed by atoms with Crippen LogP contribution in [-0.2, 0) is 0 Å². The number of nitrogens with zero attached hydrogens (tertiary/aromatic N) is 1. The summed E-state index contributed by atoms with van der Waals surface area (Å²) < 4.78 is 0. The molecule has 0 aliphatic carbocycles. The zero-order valence-electron chi connectivity index (χ0n) is 11.8. The molecule has 0 saturated carbocycles. The molecular weight excluding hydrogens is 244 g/mol. The SMILES string of the molecule is CNC1CN(c2ccc(Cl)cc2C)CCC1(C)C. The van der Waals surface area contributed by atoms with Crippen LogP contribution in [0.1, 0.15) is 25.8 Å². The predicted molar refractivity (Wildman–Crippen MR) is 79.6 cm³/mol. The molecule has 1 fully saturated rings. The first kappa shape index (κ1) is 13.7. The van der Waals surface area contributed by atoms with Gasteiger partial charge in [0.1, 0.15) is 0 Å². The maximum atomic E-state index is 6.03. The van der Waals surface area contributed by atoms with E-state index >= 15 is 0 Å². The van der Waals surface area contributed by atoms with E-state index in [1.807, 2.05) is 12.1 Å². The third kappa shape index (κ3) is 2.65. The first-order chi connectivity index (χ1) is 8.44. The zero-order chi connectivity index (χ0) is 13.3. The maximum Gasteiger partial charge on any atom is 0.0410 e. The van der Waals surface area contributed by atoms with Gasteiger partial charge in [-0.25, -0.2) is 0 Å². The summed E-state index contributed by atoms with van der Waals surface area (Å²) >= 11 is 6.03. The van der Waals surface area contributed by atoms with E-state index in [4.69, 9.17) is 11.6 Å². The van der Waals surface area contributed by atoms with Gasteiger partial charge in [-0.1, -0.05) is 25.4 Å². The summed E-state index contributed by atoms with van der Waals surface area (Å²) in [6.07, 6.45) is 1.21. The first-order valence-electron chi connectivity index (χ1n) is 6.62. The van der Waals surface area contributed by atoms with E-state index in [1.54, 1.807) is 0 Å². The van der Waals surface area contributed by atoms with Crippen molar-refractivity contribution in [2.24, 2.45) is 5.41 Å². The van der Waals surface area contributed by atoms with Crippen LogP contribution in [0.15, 0.2) is 18.2 Å². The van der Waals surface area contributed by atoms with E-state index in [0.29, 0.717) is 11.5 Å². The normalized spacial score (nSPS) is 23.2. The van der Waals surface area contributed by atoms with Gasteiger partial charge in [-0.05, 0) is 49.6 Å². The van der Waals surface area contributed by atoms with Crippen molar-refractivity contribution >= 4 is 17.3 Å². The minimum Gasteiger partial charge on any atom is -0.370 e. The molecule has 1 aliphatic heterocycles. The molecule has 1 aromatic carbocycles. The highest BCUT2D eigenvalue weighted by atomic mass is 35.5. The summed E-state index contributed by atoms with van der Waals surface area (Å²) in [5.74, 6) is 0. The number of piperidine rings is 1. The molecular formula is C15H23ClN2. The number of benzene rings is 1. The lowest BCUT2D eigenvalue weighted by molar-refractivity contribution is 0.208. The Bertz CT molecular complexity index is 429. The monoisotopic (exact) mass is 266 g/mol. The van der Waals surface area contributed by atoms with Gasteiger partial charge in [0.15, 0.2) is 0 Å². The van der Waals surface area contributed by atoms with Crippen LogP contribution in [0.3, 0.4) is 0 Å². The maximum absolute atomic E-state index is 6.03. The lowest BCUT2D eigenvalue weighted by atomic mass is 9.78. The van der Waals surface area contributed by atoms with Gasteiger partial charge in [0, 0.05) is 29.8 Å². The number of nitrogens with one attached hydrogen (secondary N) is 1. The standard InChI is InChI=1S/C15H23ClN2/c1-11-9-12(16)5-6-13(11)18-8-7-15(2,3)14(10-18)17-4/h5-6,9,14,17H,7-8,10H2,1-4H3. The smallest absolute Gasteiger partial charge is 0.0410 e. The van der Waals surface area contributed by atoms with Crippen molar-refractivity contribution in [1.29, 1.82) is 0 Å². The van der Waals surface area contributed by atoms with Gasteiger partial charge in [-0.2, -0.15) is 0 Å². The van der Waals surface area contributed by atoms with E-state index in [0.717, 1.165) is 18.1 Å². The average Bonchev–Trinajstić information content (AvgIpc) is 2.30. The van der Waals surface area contributed by atoms with Gasteiger partial charge in [-0.3, -0.25) is 0 Å². The molecule has 1 aromatic rings. The highest BCUT2D eigenvalue weighted by molar-refractivity contribution is 6.30. The van der Waals surface area contributed by atoms with Crippen molar-refractivity contribution in [3.63, 3.8) is 0 Å². The molecule has 1 unspecified atom stereocenters. The van der Waals surface area contributed by atoms with Crippen molar-refractivity contribution < 1.29 is 0 Å². The second-order valence-corrected chi connectivity index (χ2v) is 6.39. The summed E-state index contributed by atoms with van der Waals surface area (Å²) in [6, 6.07) is 6.70. The van der Waals surface area contributed by atoms with Crippen LogP contribution in [0.5, 0.6) is 0 Å². The van der Waals surface area contributed by atoms with Gasteiger partial charge in [0.2, 0.25) is 0 Å². The number of aryl methyl sites for hydroxylation is 1. The molecule has 0 radical (unpaired) electrons. The number of likely N-dealkylation sites (N-methyl/N-ethyl adjacent to an activating group) is 1. The van der Waals surface area contributed by atoms with E-state index in [2.05, 4.69) is 44.1 Å². The molecule has 2 rings (SSSR count). The van der Waals surface area contributed by atoms with Crippen molar-refractivity contribution in [2.45, 2.75) is 33.2 Å². The number of hydrogen-bond acceptors (Lipinski definition) is 2. The molecule has 100 valence electrons. The van der Waals surface area contributed by atoms with E-state index < -0.39 is 0 Å². The van der Waals surface area contributed by atoms with Gasteiger partial charge >= 0.3 is 0 Å². The van der Waals surface area contributed by atoms with E-state index in [1.165, 1.54) is 17.7 Å². The fourth-order valence-corrected chi connectivity index (χ4v) is 3.06. The Kier molecular flexibility index (Phi) is 3.88. The van der Waals surface area contributed by atoms with Crippen LogP contribution in [-0.4, -0.2) is 26.2 Å². The van der Waals surface area contributed by atoms with Gasteiger partial charge in [-0.15, -0.1) is 0 Å². The fraction of sp³-hybridized carbons (Fsp3) is 0.600. The Balaban J connectivity index is 2.20. The van der Waals surface area contributed by atoms with Crippen molar-refractivity contribution in [3.05, 3.63) is 28.8 Å². The van der Waals surface area contributed by atoms with Crippen molar-refractivity contribution in [2.75, 3.05) is 25.0 Å². The molecule has 1 atom stereocenters. The Morgan fingerprint density at radius 1 is 1.39 bits per heavy atom. The molecule has 3 heteroatoms. The van der Waals surface area contributed by atoms with E-state index in [-0.39, 0.29) is 0 Å². The quantitative estimate of drug-likeness (QED) is 0.882. The second kappa shape index (κ2) is 5.10. The Hall–Kier alpha value is -0.730. The fourth-order valence-electron chi connectivity index (χ4n) is 2.83. The highest BCUT2D eigenvalue weighted by Crippen LogP contribution is 2.34. The largest absolute Gasteiger partial charge is 0.370 e. The van der Waals surface area contributed by atoms with Crippen molar-refractivity contribution in [1.82, 2.24) is 5.32 Å². The lowest BCUT2D eigenvalue weighted by Gasteiger charge is -2.45.